The molecule has 0 spiro atoms. The van der Waals surface area contributed by atoms with Crippen LogP contribution in [0.15, 0.2) is 49.1 Å². The van der Waals surface area contributed by atoms with Crippen LogP contribution in [0.3, 0.4) is 0 Å². The van der Waals surface area contributed by atoms with E-state index in [1.165, 1.54) is 5.56 Å². The predicted octanol–water partition coefficient (Wildman–Crippen LogP) is 1.89. The van der Waals surface area contributed by atoms with E-state index in [-0.39, 0.29) is 0 Å². The van der Waals surface area contributed by atoms with E-state index in [2.05, 4.69) is 50.5 Å². The fraction of sp³-hybridized carbons (Fsp3) is 0.375. The number of nitrogens with zero attached hydrogens (tertiary/aromatic N) is 3. The number of benzene rings is 1. The Morgan fingerprint density at radius 3 is 2.75 bits per heavy atom. The fourth-order valence-electron chi connectivity index (χ4n) is 2.72. The van der Waals surface area contributed by atoms with Crippen molar-refractivity contribution in [3.63, 3.8) is 0 Å². The van der Waals surface area contributed by atoms with Crippen LogP contribution in [0, 0.1) is 0 Å². The first kappa shape index (κ1) is 13.1. The molecule has 1 atom stereocenters. The first-order valence-corrected chi connectivity index (χ1v) is 7.19. The van der Waals surface area contributed by atoms with Crippen molar-refractivity contribution in [1.82, 2.24) is 15.3 Å². The van der Waals surface area contributed by atoms with Crippen LogP contribution in [-0.2, 0) is 6.42 Å². The minimum absolute atomic E-state index is 0.472. The van der Waals surface area contributed by atoms with Gasteiger partial charge in [-0.05, 0) is 24.9 Å². The van der Waals surface area contributed by atoms with Crippen molar-refractivity contribution in [1.29, 1.82) is 0 Å². The highest BCUT2D eigenvalue weighted by Crippen LogP contribution is 2.15. The quantitative estimate of drug-likeness (QED) is 0.923. The first-order chi connectivity index (χ1) is 9.92. The molecule has 1 fully saturated rings. The molecule has 4 heteroatoms. The van der Waals surface area contributed by atoms with Crippen molar-refractivity contribution in [2.75, 3.05) is 24.5 Å². The average molecular weight is 268 g/mol. The van der Waals surface area contributed by atoms with Gasteiger partial charge in [0.05, 0.1) is 18.1 Å². The molecule has 2 heterocycles. The second-order valence-electron chi connectivity index (χ2n) is 5.24. The van der Waals surface area contributed by atoms with Crippen LogP contribution in [0.25, 0.3) is 0 Å². The fourth-order valence-corrected chi connectivity index (χ4v) is 2.72. The predicted molar refractivity (Wildman–Crippen MR) is 80.8 cm³/mol. The van der Waals surface area contributed by atoms with Crippen LogP contribution in [0.5, 0.6) is 0 Å². The Hall–Kier alpha value is -1.94. The Kier molecular flexibility index (Phi) is 4.23. The van der Waals surface area contributed by atoms with E-state index < -0.39 is 0 Å². The molecule has 1 aromatic carbocycles. The van der Waals surface area contributed by atoms with Gasteiger partial charge >= 0.3 is 0 Å². The molecule has 1 N–H and O–H groups in total. The Bertz CT molecular complexity index is 515. The summed E-state index contributed by atoms with van der Waals surface area (Å²) in [7, 11) is 0. The van der Waals surface area contributed by atoms with E-state index in [4.69, 9.17) is 0 Å². The summed E-state index contributed by atoms with van der Waals surface area (Å²) in [5, 5.41) is 3.65. The van der Waals surface area contributed by atoms with Crippen LogP contribution >= 0.6 is 0 Å². The van der Waals surface area contributed by atoms with E-state index in [9.17, 15) is 0 Å². The largest absolute Gasteiger partial charge is 0.367 e. The minimum Gasteiger partial charge on any atom is -0.367 e. The van der Waals surface area contributed by atoms with E-state index in [1.54, 1.807) is 6.33 Å². The highest BCUT2D eigenvalue weighted by molar-refractivity contribution is 5.42. The van der Waals surface area contributed by atoms with Crippen LogP contribution in [0.2, 0.25) is 0 Å². The number of nitrogens with one attached hydrogen (secondary N) is 1. The Labute approximate surface area is 119 Å². The highest BCUT2D eigenvalue weighted by atomic mass is 15.2. The normalized spacial score (nSPS) is 19.6. The lowest BCUT2D eigenvalue weighted by molar-refractivity contribution is 0.540. The van der Waals surface area contributed by atoms with Crippen molar-refractivity contribution in [3.8, 4) is 0 Å². The van der Waals surface area contributed by atoms with Gasteiger partial charge < -0.3 is 10.2 Å². The van der Waals surface area contributed by atoms with Gasteiger partial charge in [-0.25, -0.2) is 9.97 Å². The molecule has 0 radical (unpaired) electrons. The maximum Gasteiger partial charge on any atom is 0.115 e. The molecule has 0 amide bonds. The van der Waals surface area contributed by atoms with Crippen LogP contribution in [0.1, 0.15) is 12.0 Å². The molecule has 1 aliphatic heterocycles. The van der Waals surface area contributed by atoms with Crippen molar-refractivity contribution in [2.45, 2.75) is 18.9 Å². The van der Waals surface area contributed by atoms with Gasteiger partial charge in [0.2, 0.25) is 0 Å². The van der Waals surface area contributed by atoms with E-state index in [1.807, 2.05) is 12.4 Å². The zero-order valence-electron chi connectivity index (χ0n) is 11.6. The zero-order valence-corrected chi connectivity index (χ0v) is 11.6. The molecule has 4 nitrogen and oxygen atoms in total. The molecule has 2 aromatic rings. The highest BCUT2D eigenvalue weighted by Gasteiger charge is 2.18. The smallest absolute Gasteiger partial charge is 0.115 e. The van der Waals surface area contributed by atoms with Gasteiger partial charge in [0.15, 0.2) is 0 Å². The van der Waals surface area contributed by atoms with Crippen LogP contribution in [0.4, 0.5) is 5.69 Å². The third-order valence-electron chi connectivity index (χ3n) is 3.72. The zero-order chi connectivity index (χ0) is 13.6. The van der Waals surface area contributed by atoms with Crippen molar-refractivity contribution >= 4 is 5.69 Å². The summed E-state index contributed by atoms with van der Waals surface area (Å²) in [6.45, 7) is 3.13. The second kappa shape index (κ2) is 6.48. The SMILES string of the molecule is c1ccc(CC2CN(c3cncnc3)CCCN2)cc1. The van der Waals surface area contributed by atoms with E-state index in [0.717, 1.165) is 38.2 Å². The van der Waals surface area contributed by atoms with Crippen LogP contribution < -0.4 is 10.2 Å². The molecule has 0 bridgehead atoms. The molecule has 1 aromatic heterocycles. The van der Waals surface area contributed by atoms with Gasteiger partial charge in [-0.3, -0.25) is 0 Å². The standard InChI is InChI=1S/C16H20N4/c1-2-5-14(6-3-1)9-15-12-20(8-4-7-19-15)16-10-17-13-18-11-16/h1-3,5-6,10-11,13,15,19H,4,7-9,12H2. The van der Waals surface area contributed by atoms with Gasteiger partial charge in [-0.2, -0.15) is 0 Å². The molecule has 20 heavy (non-hydrogen) atoms. The van der Waals surface area contributed by atoms with Crippen molar-refractivity contribution in [2.24, 2.45) is 0 Å². The van der Waals surface area contributed by atoms with Crippen LogP contribution in [-0.4, -0.2) is 35.6 Å². The summed E-state index contributed by atoms with van der Waals surface area (Å²) in [5.74, 6) is 0. The third kappa shape index (κ3) is 3.33. The number of rotatable bonds is 3. The summed E-state index contributed by atoms with van der Waals surface area (Å²) in [4.78, 5) is 10.6. The van der Waals surface area contributed by atoms with Crippen molar-refractivity contribution < 1.29 is 0 Å². The summed E-state index contributed by atoms with van der Waals surface area (Å²) in [5.41, 5.74) is 2.51. The number of aromatic nitrogens is 2. The number of hydrogen-bond acceptors (Lipinski definition) is 4. The summed E-state index contributed by atoms with van der Waals surface area (Å²) in [6, 6.07) is 11.1. The molecule has 0 saturated carbocycles. The van der Waals surface area contributed by atoms with E-state index >= 15 is 0 Å². The summed E-state index contributed by atoms with van der Waals surface area (Å²) in [6.07, 6.45) is 7.60. The number of hydrogen-bond donors (Lipinski definition) is 1. The maximum absolute atomic E-state index is 4.13. The molecular weight excluding hydrogens is 248 g/mol. The van der Waals surface area contributed by atoms with E-state index in [0.29, 0.717) is 6.04 Å². The molecule has 1 aliphatic rings. The minimum atomic E-state index is 0.472. The average Bonchev–Trinajstić information content (AvgIpc) is 2.75. The Morgan fingerprint density at radius 1 is 1.15 bits per heavy atom. The Balaban J connectivity index is 1.69. The Morgan fingerprint density at radius 2 is 1.95 bits per heavy atom. The van der Waals surface area contributed by atoms with Gasteiger partial charge in [0.1, 0.15) is 6.33 Å². The lowest BCUT2D eigenvalue weighted by Gasteiger charge is -2.25. The van der Waals surface area contributed by atoms with Gasteiger partial charge in [-0.1, -0.05) is 30.3 Å². The second-order valence-corrected chi connectivity index (χ2v) is 5.24. The molecule has 3 rings (SSSR count). The number of anilines is 1. The van der Waals surface area contributed by atoms with Gasteiger partial charge in [0.25, 0.3) is 0 Å². The third-order valence-corrected chi connectivity index (χ3v) is 3.72. The van der Waals surface area contributed by atoms with Gasteiger partial charge in [0, 0.05) is 19.1 Å². The molecular formula is C16H20N4. The molecule has 104 valence electrons. The monoisotopic (exact) mass is 268 g/mol. The lowest BCUT2D eigenvalue weighted by Crippen LogP contribution is -2.39. The summed E-state index contributed by atoms with van der Waals surface area (Å²) < 4.78 is 0. The topological polar surface area (TPSA) is 41.1 Å². The van der Waals surface area contributed by atoms with Crippen molar-refractivity contribution in [3.05, 3.63) is 54.6 Å². The molecule has 1 saturated heterocycles. The molecule has 0 aliphatic carbocycles. The molecule has 1 unspecified atom stereocenters. The van der Waals surface area contributed by atoms with Gasteiger partial charge in [-0.15, -0.1) is 0 Å². The first-order valence-electron chi connectivity index (χ1n) is 7.19. The maximum atomic E-state index is 4.13. The summed E-state index contributed by atoms with van der Waals surface area (Å²) >= 11 is 0. The lowest BCUT2D eigenvalue weighted by atomic mass is 10.1.